The highest BCUT2D eigenvalue weighted by Crippen LogP contribution is 2.41. The lowest BCUT2D eigenvalue weighted by Crippen LogP contribution is -2.49. The van der Waals surface area contributed by atoms with E-state index in [2.05, 4.69) is 5.32 Å². The molecule has 6 nitrogen and oxygen atoms in total. The highest BCUT2D eigenvalue weighted by atomic mass is 32.2. The van der Waals surface area contributed by atoms with Crippen molar-refractivity contribution in [2.45, 2.75) is 49.7 Å². The molecular formula is C11H19NO5S. The highest BCUT2D eigenvalue weighted by Gasteiger charge is 2.50. The van der Waals surface area contributed by atoms with Gasteiger partial charge in [-0.1, -0.05) is 0 Å². The van der Waals surface area contributed by atoms with Gasteiger partial charge < -0.3 is 14.8 Å². The smallest absolute Gasteiger partial charge is 0.264 e. The zero-order valence-electron chi connectivity index (χ0n) is 10.4. The third-order valence-corrected chi connectivity index (χ3v) is 4.40. The third kappa shape index (κ3) is 2.70. The van der Waals surface area contributed by atoms with Crippen molar-refractivity contribution in [1.82, 2.24) is 5.32 Å². The van der Waals surface area contributed by atoms with E-state index in [0.717, 1.165) is 19.1 Å². The second-order valence-corrected chi connectivity index (χ2v) is 7.14. The average Bonchev–Trinajstić information content (AvgIpc) is 2.80. The third-order valence-electron chi connectivity index (χ3n) is 3.83. The molecule has 18 heavy (non-hydrogen) atoms. The lowest BCUT2D eigenvalue weighted by Gasteiger charge is -2.36. The molecule has 3 aliphatic heterocycles. The molecule has 7 heteroatoms. The summed E-state index contributed by atoms with van der Waals surface area (Å²) < 4.78 is 38.4. The standard InChI is InChI=1S/C11H19NO5S/c1-18(13,14)16-7-10-6-15-11(17-10)4-8-2-3-9(5-11)12-8/h8-10,12H,2-7H2,1H3. The van der Waals surface area contributed by atoms with Gasteiger partial charge in [0.05, 0.1) is 19.5 Å². The Morgan fingerprint density at radius 1 is 1.33 bits per heavy atom. The summed E-state index contributed by atoms with van der Waals surface area (Å²) >= 11 is 0. The Morgan fingerprint density at radius 3 is 2.61 bits per heavy atom. The van der Waals surface area contributed by atoms with Crippen molar-refractivity contribution in [2.24, 2.45) is 0 Å². The Bertz CT molecular complexity index is 411. The largest absolute Gasteiger partial charge is 0.347 e. The summed E-state index contributed by atoms with van der Waals surface area (Å²) in [5, 5.41) is 3.53. The summed E-state index contributed by atoms with van der Waals surface area (Å²) in [4.78, 5) is 0. The van der Waals surface area contributed by atoms with Crippen LogP contribution in [0, 0.1) is 0 Å². The Kier molecular flexibility index (Phi) is 3.14. The van der Waals surface area contributed by atoms with Crippen LogP contribution in [0.2, 0.25) is 0 Å². The first-order chi connectivity index (χ1) is 8.44. The molecule has 0 saturated carbocycles. The Hall–Kier alpha value is -0.210. The molecular weight excluding hydrogens is 258 g/mol. The van der Waals surface area contributed by atoms with Crippen LogP contribution in [0.1, 0.15) is 25.7 Å². The summed E-state index contributed by atoms with van der Waals surface area (Å²) in [5.74, 6) is -0.511. The molecule has 3 unspecified atom stereocenters. The molecule has 0 radical (unpaired) electrons. The Balaban J connectivity index is 1.58. The molecule has 1 spiro atoms. The minimum atomic E-state index is -3.41. The van der Waals surface area contributed by atoms with Gasteiger partial charge in [0, 0.05) is 24.9 Å². The molecule has 1 N–H and O–H groups in total. The molecule has 104 valence electrons. The van der Waals surface area contributed by atoms with Gasteiger partial charge in [-0.3, -0.25) is 4.18 Å². The van der Waals surface area contributed by atoms with E-state index in [4.69, 9.17) is 13.7 Å². The van der Waals surface area contributed by atoms with Crippen LogP contribution in [0.25, 0.3) is 0 Å². The van der Waals surface area contributed by atoms with Gasteiger partial charge in [0.25, 0.3) is 10.1 Å². The minimum Gasteiger partial charge on any atom is -0.347 e. The number of ether oxygens (including phenoxy) is 2. The Labute approximate surface area is 107 Å². The fourth-order valence-electron chi connectivity index (χ4n) is 3.17. The van der Waals surface area contributed by atoms with E-state index in [1.165, 1.54) is 12.8 Å². The van der Waals surface area contributed by atoms with Crippen LogP contribution in [-0.2, 0) is 23.8 Å². The lowest BCUT2D eigenvalue weighted by atomic mass is 9.98. The zero-order valence-corrected chi connectivity index (χ0v) is 11.2. The normalized spacial score (nSPS) is 43.7. The molecule has 3 fully saturated rings. The number of fused-ring (bicyclic) bond motifs is 2. The molecule has 0 aliphatic carbocycles. The maximum atomic E-state index is 10.9. The second-order valence-electron chi connectivity index (χ2n) is 5.50. The maximum absolute atomic E-state index is 10.9. The van der Waals surface area contributed by atoms with Gasteiger partial charge >= 0.3 is 0 Å². The molecule has 3 heterocycles. The summed E-state index contributed by atoms with van der Waals surface area (Å²) in [7, 11) is -3.41. The monoisotopic (exact) mass is 277 g/mol. The fourth-order valence-corrected chi connectivity index (χ4v) is 3.57. The topological polar surface area (TPSA) is 73.9 Å². The first-order valence-corrected chi connectivity index (χ1v) is 8.18. The number of hydrogen-bond donors (Lipinski definition) is 1. The molecule has 0 aromatic rings. The van der Waals surface area contributed by atoms with Crippen molar-refractivity contribution in [3.8, 4) is 0 Å². The minimum absolute atomic E-state index is 0.0450. The van der Waals surface area contributed by atoms with Crippen LogP contribution in [0.15, 0.2) is 0 Å². The van der Waals surface area contributed by atoms with Gasteiger partial charge in [0.2, 0.25) is 0 Å². The first kappa shape index (κ1) is 12.8. The average molecular weight is 277 g/mol. The van der Waals surface area contributed by atoms with Crippen LogP contribution in [0.5, 0.6) is 0 Å². The summed E-state index contributed by atoms with van der Waals surface area (Å²) in [5.41, 5.74) is 0. The van der Waals surface area contributed by atoms with Crippen molar-refractivity contribution in [1.29, 1.82) is 0 Å². The van der Waals surface area contributed by atoms with Crippen LogP contribution < -0.4 is 5.32 Å². The number of nitrogens with one attached hydrogen (secondary N) is 1. The van der Waals surface area contributed by atoms with Crippen molar-refractivity contribution >= 4 is 10.1 Å². The van der Waals surface area contributed by atoms with E-state index in [1.54, 1.807) is 0 Å². The molecule has 0 aromatic heterocycles. The van der Waals surface area contributed by atoms with Crippen LogP contribution in [0.3, 0.4) is 0 Å². The van der Waals surface area contributed by atoms with Crippen LogP contribution in [0.4, 0.5) is 0 Å². The first-order valence-electron chi connectivity index (χ1n) is 6.36. The molecule has 3 saturated heterocycles. The quantitative estimate of drug-likeness (QED) is 0.731. The molecule has 3 atom stereocenters. The van der Waals surface area contributed by atoms with Crippen LogP contribution >= 0.6 is 0 Å². The summed E-state index contributed by atoms with van der Waals surface area (Å²) in [6, 6.07) is 0.941. The van der Waals surface area contributed by atoms with Crippen molar-refractivity contribution < 1.29 is 22.1 Å². The van der Waals surface area contributed by atoms with Gasteiger partial charge in [0.1, 0.15) is 6.10 Å². The van der Waals surface area contributed by atoms with Crippen molar-refractivity contribution in [2.75, 3.05) is 19.5 Å². The predicted molar refractivity (Wildman–Crippen MR) is 63.5 cm³/mol. The van der Waals surface area contributed by atoms with Gasteiger partial charge in [-0.05, 0) is 12.8 Å². The molecule has 3 aliphatic rings. The molecule has 2 bridgehead atoms. The van der Waals surface area contributed by atoms with Crippen molar-refractivity contribution in [3.63, 3.8) is 0 Å². The molecule has 0 amide bonds. The predicted octanol–water partition coefficient (Wildman–Crippen LogP) is -0.0113. The number of rotatable bonds is 3. The van der Waals surface area contributed by atoms with Crippen LogP contribution in [-0.4, -0.2) is 51.9 Å². The van der Waals surface area contributed by atoms with E-state index >= 15 is 0 Å². The van der Waals surface area contributed by atoms with Gasteiger partial charge in [-0.25, -0.2) is 0 Å². The highest BCUT2D eigenvalue weighted by molar-refractivity contribution is 7.85. The summed E-state index contributed by atoms with van der Waals surface area (Å²) in [6.45, 7) is 0.457. The van der Waals surface area contributed by atoms with E-state index in [9.17, 15) is 8.42 Å². The number of hydrogen-bond acceptors (Lipinski definition) is 6. The van der Waals surface area contributed by atoms with Crippen molar-refractivity contribution in [3.05, 3.63) is 0 Å². The lowest BCUT2D eigenvalue weighted by molar-refractivity contribution is -0.193. The van der Waals surface area contributed by atoms with E-state index in [0.29, 0.717) is 18.7 Å². The molecule has 0 aromatic carbocycles. The SMILES string of the molecule is CS(=O)(=O)OCC1COC2(CC3CCC(C2)N3)O1. The van der Waals surface area contributed by atoms with Gasteiger partial charge in [-0.2, -0.15) is 8.42 Å². The second kappa shape index (κ2) is 4.42. The summed E-state index contributed by atoms with van der Waals surface area (Å²) in [6.07, 6.45) is 4.80. The zero-order chi connectivity index (χ0) is 12.8. The van der Waals surface area contributed by atoms with E-state index in [-0.39, 0.29) is 12.7 Å². The Morgan fingerprint density at radius 2 is 2.00 bits per heavy atom. The maximum Gasteiger partial charge on any atom is 0.264 e. The van der Waals surface area contributed by atoms with Gasteiger partial charge in [-0.15, -0.1) is 0 Å². The van der Waals surface area contributed by atoms with E-state index in [1.807, 2.05) is 0 Å². The fraction of sp³-hybridized carbons (Fsp3) is 1.00. The van der Waals surface area contributed by atoms with E-state index < -0.39 is 15.9 Å². The molecule has 3 rings (SSSR count). The number of piperidine rings is 1. The van der Waals surface area contributed by atoms with Gasteiger partial charge in [0.15, 0.2) is 5.79 Å².